The quantitative estimate of drug-likeness (QED) is 0.726. The molecule has 0 aliphatic carbocycles. The first kappa shape index (κ1) is 16.7. The van der Waals surface area contributed by atoms with Gasteiger partial charge in [0.1, 0.15) is 0 Å². The summed E-state index contributed by atoms with van der Waals surface area (Å²) in [5, 5.41) is 6.16. The molecule has 0 saturated heterocycles. The fourth-order valence-electron chi connectivity index (χ4n) is 1.81. The molecule has 1 unspecified atom stereocenters. The highest BCUT2D eigenvalue weighted by Crippen LogP contribution is 2.02. The third kappa shape index (κ3) is 6.68. The van der Waals surface area contributed by atoms with Crippen molar-refractivity contribution in [2.45, 2.75) is 33.4 Å². The molecule has 0 fully saturated rings. The molecule has 0 heterocycles. The van der Waals surface area contributed by atoms with Gasteiger partial charge in [0.2, 0.25) is 5.91 Å². The van der Waals surface area contributed by atoms with Crippen LogP contribution in [-0.2, 0) is 16.1 Å². The first-order chi connectivity index (χ1) is 9.63. The smallest absolute Gasteiger partial charge is 0.234 e. The average molecular weight is 278 g/mol. The van der Waals surface area contributed by atoms with Crippen molar-refractivity contribution >= 4 is 5.91 Å². The van der Waals surface area contributed by atoms with E-state index in [1.54, 1.807) is 0 Å². The number of amides is 1. The van der Waals surface area contributed by atoms with Crippen LogP contribution < -0.4 is 10.6 Å². The number of benzene rings is 1. The van der Waals surface area contributed by atoms with E-state index in [-0.39, 0.29) is 11.9 Å². The number of ether oxygens (including phenoxy) is 1. The predicted octanol–water partition coefficient (Wildman–Crippen LogP) is 1.95. The third-order valence-electron chi connectivity index (χ3n) is 3.16. The van der Waals surface area contributed by atoms with E-state index in [1.165, 1.54) is 0 Å². The van der Waals surface area contributed by atoms with Crippen LogP contribution in [0, 0.1) is 5.92 Å². The summed E-state index contributed by atoms with van der Waals surface area (Å²) in [4.78, 5) is 11.8. The highest BCUT2D eigenvalue weighted by Gasteiger charge is 2.14. The van der Waals surface area contributed by atoms with Crippen molar-refractivity contribution in [1.82, 2.24) is 10.6 Å². The van der Waals surface area contributed by atoms with E-state index in [4.69, 9.17) is 4.74 Å². The van der Waals surface area contributed by atoms with Gasteiger partial charge >= 0.3 is 0 Å². The molecule has 0 radical (unpaired) electrons. The van der Waals surface area contributed by atoms with Crippen LogP contribution in [0.5, 0.6) is 0 Å². The molecule has 1 aromatic carbocycles. The first-order valence-electron chi connectivity index (χ1n) is 7.25. The van der Waals surface area contributed by atoms with Crippen LogP contribution in [0.4, 0.5) is 0 Å². The van der Waals surface area contributed by atoms with Crippen molar-refractivity contribution in [3.63, 3.8) is 0 Å². The minimum absolute atomic E-state index is 0.0102. The van der Waals surface area contributed by atoms with Crippen LogP contribution in [0.15, 0.2) is 30.3 Å². The molecule has 0 aromatic heterocycles. The Labute approximate surface area is 121 Å². The second kappa shape index (κ2) is 9.50. The second-order valence-electron chi connectivity index (χ2n) is 5.15. The van der Waals surface area contributed by atoms with Crippen LogP contribution in [0.2, 0.25) is 0 Å². The summed E-state index contributed by atoms with van der Waals surface area (Å²) in [5.74, 6) is 0.444. The van der Waals surface area contributed by atoms with Gasteiger partial charge in [-0.2, -0.15) is 0 Å². The zero-order valence-corrected chi connectivity index (χ0v) is 12.7. The average Bonchev–Trinajstić information content (AvgIpc) is 2.46. The number of hydrogen-bond acceptors (Lipinski definition) is 3. The van der Waals surface area contributed by atoms with Gasteiger partial charge in [0, 0.05) is 19.2 Å². The van der Waals surface area contributed by atoms with Crippen molar-refractivity contribution in [2.75, 3.05) is 19.8 Å². The zero-order valence-electron chi connectivity index (χ0n) is 12.7. The Hall–Kier alpha value is -1.39. The lowest BCUT2D eigenvalue weighted by Crippen LogP contribution is -2.43. The van der Waals surface area contributed by atoms with Crippen molar-refractivity contribution in [3.05, 3.63) is 35.9 Å². The second-order valence-corrected chi connectivity index (χ2v) is 5.15. The molecule has 0 spiro atoms. The van der Waals surface area contributed by atoms with Gasteiger partial charge in [-0.25, -0.2) is 0 Å². The van der Waals surface area contributed by atoms with Crippen LogP contribution in [0.25, 0.3) is 0 Å². The maximum Gasteiger partial charge on any atom is 0.234 e. The van der Waals surface area contributed by atoms with E-state index < -0.39 is 0 Å². The lowest BCUT2D eigenvalue weighted by atomic mass is 10.1. The van der Waals surface area contributed by atoms with E-state index in [9.17, 15) is 4.79 Å². The lowest BCUT2D eigenvalue weighted by molar-refractivity contribution is -0.120. The third-order valence-corrected chi connectivity index (χ3v) is 3.16. The van der Waals surface area contributed by atoms with Crippen molar-refractivity contribution in [2.24, 2.45) is 5.92 Å². The zero-order chi connectivity index (χ0) is 14.8. The van der Waals surface area contributed by atoms with E-state index in [0.717, 1.165) is 5.56 Å². The highest BCUT2D eigenvalue weighted by molar-refractivity contribution is 5.78. The molecule has 0 aliphatic heterocycles. The molecule has 1 amide bonds. The monoisotopic (exact) mass is 278 g/mol. The molecule has 1 aromatic rings. The number of carbonyl (C=O) groups excluding carboxylic acids is 1. The molecular weight excluding hydrogens is 252 g/mol. The van der Waals surface area contributed by atoms with E-state index >= 15 is 0 Å². The summed E-state index contributed by atoms with van der Waals surface area (Å²) < 4.78 is 5.42. The summed E-state index contributed by atoms with van der Waals surface area (Å²) in [5.41, 5.74) is 1.11. The normalized spacial score (nSPS) is 12.4. The topological polar surface area (TPSA) is 50.4 Å². The number of nitrogens with one attached hydrogen (secondary N) is 2. The Balaban J connectivity index is 2.27. The van der Waals surface area contributed by atoms with Crippen LogP contribution in [-0.4, -0.2) is 31.7 Å². The van der Waals surface area contributed by atoms with Gasteiger partial charge in [-0.3, -0.25) is 4.79 Å². The summed E-state index contributed by atoms with van der Waals surface area (Å²) in [6.45, 7) is 8.45. The Bertz CT molecular complexity index is 379. The van der Waals surface area contributed by atoms with Gasteiger partial charge in [0.15, 0.2) is 0 Å². The number of hydrogen-bond donors (Lipinski definition) is 2. The minimum Gasteiger partial charge on any atom is -0.380 e. The molecule has 1 atom stereocenters. The lowest BCUT2D eigenvalue weighted by Gasteiger charge is -2.21. The van der Waals surface area contributed by atoms with Gasteiger partial charge < -0.3 is 15.4 Å². The molecule has 2 N–H and O–H groups in total. The first-order valence-corrected chi connectivity index (χ1v) is 7.25. The van der Waals surface area contributed by atoms with E-state index in [1.807, 2.05) is 37.3 Å². The summed E-state index contributed by atoms with van der Waals surface area (Å²) in [7, 11) is 0. The van der Waals surface area contributed by atoms with Crippen molar-refractivity contribution in [1.29, 1.82) is 0 Å². The van der Waals surface area contributed by atoms with Gasteiger partial charge in [-0.1, -0.05) is 44.2 Å². The molecule has 1 rings (SSSR count). The van der Waals surface area contributed by atoms with Gasteiger partial charge in [0.05, 0.1) is 13.2 Å². The highest BCUT2D eigenvalue weighted by atomic mass is 16.5. The molecule has 4 heteroatoms. The molecule has 4 nitrogen and oxygen atoms in total. The van der Waals surface area contributed by atoms with Crippen LogP contribution in [0.1, 0.15) is 26.3 Å². The Kier molecular flexibility index (Phi) is 7.92. The summed E-state index contributed by atoms with van der Waals surface area (Å²) in [6.07, 6.45) is 0. The van der Waals surface area contributed by atoms with E-state index in [0.29, 0.717) is 32.2 Å². The Morgan fingerprint density at radius 3 is 2.55 bits per heavy atom. The predicted molar refractivity (Wildman–Crippen MR) is 81.4 cm³/mol. The fourth-order valence-corrected chi connectivity index (χ4v) is 1.81. The van der Waals surface area contributed by atoms with Crippen molar-refractivity contribution < 1.29 is 9.53 Å². The standard InChI is InChI=1S/C16H26N2O2/c1-4-20-12-15(13(2)3)17-11-16(19)18-10-14-8-6-5-7-9-14/h5-9,13,15,17H,4,10-12H2,1-3H3,(H,18,19). The van der Waals surface area contributed by atoms with Crippen LogP contribution in [0.3, 0.4) is 0 Å². The fraction of sp³-hybridized carbons (Fsp3) is 0.562. The summed E-state index contributed by atoms with van der Waals surface area (Å²) in [6, 6.07) is 10.1. The molecular formula is C16H26N2O2. The molecule has 112 valence electrons. The van der Waals surface area contributed by atoms with Gasteiger partial charge in [-0.05, 0) is 18.4 Å². The largest absolute Gasteiger partial charge is 0.380 e. The Morgan fingerprint density at radius 1 is 1.25 bits per heavy atom. The van der Waals surface area contributed by atoms with Crippen molar-refractivity contribution in [3.8, 4) is 0 Å². The van der Waals surface area contributed by atoms with Gasteiger partial charge in [-0.15, -0.1) is 0 Å². The SMILES string of the molecule is CCOCC(NCC(=O)NCc1ccccc1)C(C)C. The minimum atomic E-state index is 0.0102. The van der Waals surface area contributed by atoms with Crippen LogP contribution >= 0.6 is 0 Å². The number of carbonyl (C=O) groups is 1. The van der Waals surface area contributed by atoms with E-state index in [2.05, 4.69) is 24.5 Å². The molecule has 0 saturated carbocycles. The molecule has 20 heavy (non-hydrogen) atoms. The number of rotatable bonds is 9. The Morgan fingerprint density at radius 2 is 1.95 bits per heavy atom. The molecule has 0 aliphatic rings. The maximum atomic E-state index is 11.8. The summed E-state index contributed by atoms with van der Waals surface area (Å²) >= 11 is 0. The van der Waals surface area contributed by atoms with Gasteiger partial charge in [0.25, 0.3) is 0 Å². The molecule has 0 bridgehead atoms. The maximum absolute atomic E-state index is 11.8.